The average Bonchev–Trinajstić information content (AvgIpc) is 2.71. The second-order valence-corrected chi connectivity index (χ2v) is 5.90. The zero-order valence-electron chi connectivity index (χ0n) is 12.8. The number of hydrogen-bond acceptors (Lipinski definition) is 2. The molecule has 0 radical (unpaired) electrons. The van der Waals surface area contributed by atoms with Crippen molar-refractivity contribution in [3.05, 3.63) is 58.7 Å². The number of aryl methyl sites for hydroxylation is 3. The van der Waals surface area contributed by atoms with Crippen molar-refractivity contribution in [1.82, 2.24) is 0 Å². The topological polar surface area (TPSA) is 6.48 Å². The van der Waals surface area contributed by atoms with Crippen LogP contribution in [-0.2, 0) is 6.54 Å². The van der Waals surface area contributed by atoms with Crippen LogP contribution in [0.1, 0.15) is 22.3 Å². The van der Waals surface area contributed by atoms with Gasteiger partial charge in [0, 0.05) is 13.6 Å². The van der Waals surface area contributed by atoms with E-state index in [1.54, 1.807) is 0 Å². The molecule has 1 heterocycles. The summed E-state index contributed by atoms with van der Waals surface area (Å²) in [5.74, 6) is 0. The van der Waals surface area contributed by atoms with E-state index in [-0.39, 0.29) is 0 Å². The highest BCUT2D eigenvalue weighted by Crippen LogP contribution is 2.36. The molecule has 0 spiro atoms. The molecule has 1 aliphatic heterocycles. The van der Waals surface area contributed by atoms with Gasteiger partial charge in [0.1, 0.15) is 0 Å². The maximum Gasteiger partial charge on any atom is 0.0904 e. The molecule has 3 rings (SSSR count). The van der Waals surface area contributed by atoms with Crippen molar-refractivity contribution < 1.29 is 0 Å². The number of fused-ring (bicyclic) bond motifs is 1. The van der Waals surface area contributed by atoms with Gasteiger partial charge in [-0.05, 0) is 49.6 Å². The summed E-state index contributed by atoms with van der Waals surface area (Å²) in [5, 5.41) is 0. The van der Waals surface area contributed by atoms with Crippen molar-refractivity contribution in [2.45, 2.75) is 27.3 Å². The molecule has 0 saturated heterocycles. The average molecular weight is 266 g/mol. The summed E-state index contributed by atoms with van der Waals surface area (Å²) in [4.78, 5) is 4.77. The van der Waals surface area contributed by atoms with E-state index in [1.165, 1.54) is 33.6 Å². The van der Waals surface area contributed by atoms with Gasteiger partial charge in [-0.25, -0.2) is 0 Å². The summed E-state index contributed by atoms with van der Waals surface area (Å²) in [6, 6.07) is 13.2. The van der Waals surface area contributed by atoms with E-state index in [0.717, 1.165) is 13.2 Å². The van der Waals surface area contributed by atoms with E-state index in [1.807, 2.05) is 0 Å². The van der Waals surface area contributed by atoms with Crippen LogP contribution in [0.25, 0.3) is 0 Å². The van der Waals surface area contributed by atoms with E-state index in [0.29, 0.717) is 0 Å². The molecule has 0 amide bonds. The Balaban J connectivity index is 1.94. The third-order valence-electron chi connectivity index (χ3n) is 4.21. The number of nitrogens with zero attached hydrogens (tertiary/aromatic N) is 2. The lowest BCUT2D eigenvalue weighted by molar-refractivity contribution is 0.808. The molecule has 0 N–H and O–H groups in total. The minimum absolute atomic E-state index is 0.964. The molecule has 0 aliphatic carbocycles. The molecule has 2 aromatic carbocycles. The smallest absolute Gasteiger partial charge is 0.0904 e. The summed E-state index contributed by atoms with van der Waals surface area (Å²) in [6.45, 7) is 8.57. The Morgan fingerprint density at radius 2 is 1.55 bits per heavy atom. The van der Waals surface area contributed by atoms with Crippen LogP contribution < -0.4 is 9.80 Å². The Hall–Kier alpha value is -1.96. The molecule has 1 aliphatic rings. The molecule has 2 heteroatoms. The number of benzene rings is 2. The molecule has 2 aromatic rings. The lowest BCUT2D eigenvalue weighted by Gasteiger charge is -2.22. The number of anilines is 2. The van der Waals surface area contributed by atoms with Crippen molar-refractivity contribution in [1.29, 1.82) is 0 Å². The van der Waals surface area contributed by atoms with Crippen molar-refractivity contribution in [3.63, 3.8) is 0 Å². The quantitative estimate of drug-likeness (QED) is 0.810. The van der Waals surface area contributed by atoms with Gasteiger partial charge in [-0.2, -0.15) is 0 Å². The number of para-hydroxylation sites is 2. The van der Waals surface area contributed by atoms with E-state index in [9.17, 15) is 0 Å². The maximum atomic E-state index is 2.46. The summed E-state index contributed by atoms with van der Waals surface area (Å²) in [7, 11) is 2.16. The summed E-state index contributed by atoms with van der Waals surface area (Å²) >= 11 is 0. The Morgan fingerprint density at radius 3 is 2.20 bits per heavy atom. The van der Waals surface area contributed by atoms with Crippen molar-refractivity contribution in [2.24, 2.45) is 0 Å². The molecule has 2 nitrogen and oxygen atoms in total. The van der Waals surface area contributed by atoms with Gasteiger partial charge >= 0.3 is 0 Å². The Morgan fingerprint density at radius 1 is 0.950 bits per heavy atom. The lowest BCUT2D eigenvalue weighted by Crippen LogP contribution is -2.28. The van der Waals surface area contributed by atoms with Crippen LogP contribution in [0.3, 0.4) is 0 Å². The van der Waals surface area contributed by atoms with E-state index in [2.05, 4.69) is 74.0 Å². The largest absolute Gasteiger partial charge is 0.355 e. The van der Waals surface area contributed by atoms with Gasteiger partial charge in [-0.1, -0.05) is 29.8 Å². The van der Waals surface area contributed by atoms with Crippen LogP contribution in [0.2, 0.25) is 0 Å². The number of rotatable bonds is 2. The van der Waals surface area contributed by atoms with Gasteiger partial charge < -0.3 is 9.80 Å². The first kappa shape index (κ1) is 13.0. The highest BCUT2D eigenvalue weighted by atomic mass is 15.4. The van der Waals surface area contributed by atoms with Crippen molar-refractivity contribution in [2.75, 3.05) is 23.5 Å². The molecular formula is C18H22N2. The monoisotopic (exact) mass is 266 g/mol. The van der Waals surface area contributed by atoms with E-state index in [4.69, 9.17) is 0 Å². The molecule has 0 fully saturated rings. The third-order valence-corrected chi connectivity index (χ3v) is 4.21. The van der Waals surface area contributed by atoms with Crippen molar-refractivity contribution in [3.8, 4) is 0 Å². The fourth-order valence-corrected chi connectivity index (χ4v) is 3.25. The minimum atomic E-state index is 0.964. The van der Waals surface area contributed by atoms with Crippen LogP contribution in [0.5, 0.6) is 0 Å². The van der Waals surface area contributed by atoms with E-state index < -0.39 is 0 Å². The van der Waals surface area contributed by atoms with Gasteiger partial charge in [-0.15, -0.1) is 0 Å². The molecule has 0 unspecified atom stereocenters. The molecular weight excluding hydrogens is 244 g/mol. The molecule has 20 heavy (non-hydrogen) atoms. The van der Waals surface area contributed by atoms with Gasteiger partial charge in [0.2, 0.25) is 0 Å². The molecule has 104 valence electrons. The van der Waals surface area contributed by atoms with Gasteiger partial charge in [-0.3, -0.25) is 0 Å². The molecule has 0 atom stereocenters. The van der Waals surface area contributed by atoms with Crippen LogP contribution in [0.4, 0.5) is 11.4 Å². The van der Waals surface area contributed by atoms with Gasteiger partial charge in [0.05, 0.1) is 18.0 Å². The fourth-order valence-electron chi connectivity index (χ4n) is 3.25. The van der Waals surface area contributed by atoms with Crippen LogP contribution in [0, 0.1) is 20.8 Å². The number of hydrogen-bond donors (Lipinski definition) is 0. The first-order chi connectivity index (χ1) is 9.56. The molecule has 0 aromatic heterocycles. The van der Waals surface area contributed by atoms with Crippen molar-refractivity contribution >= 4 is 11.4 Å². The van der Waals surface area contributed by atoms with E-state index >= 15 is 0 Å². The third kappa shape index (κ3) is 2.15. The Kier molecular flexibility index (Phi) is 3.17. The molecule has 0 saturated carbocycles. The molecule has 0 bridgehead atoms. The highest BCUT2D eigenvalue weighted by Gasteiger charge is 2.23. The first-order valence-electron chi connectivity index (χ1n) is 7.18. The van der Waals surface area contributed by atoms with Crippen LogP contribution in [-0.4, -0.2) is 13.7 Å². The second-order valence-electron chi connectivity index (χ2n) is 5.90. The summed E-state index contributed by atoms with van der Waals surface area (Å²) in [5.41, 5.74) is 8.27. The SMILES string of the molecule is Cc1cc(C)c(CN2CN(C)c3ccccc32)c(C)c1. The van der Waals surface area contributed by atoms with Crippen LogP contribution >= 0.6 is 0 Å². The maximum absolute atomic E-state index is 2.46. The zero-order chi connectivity index (χ0) is 14.3. The Bertz CT molecular complexity index is 623. The van der Waals surface area contributed by atoms with Crippen LogP contribution in [0.15, 0.2) is 36.4 Å². The standard InChI is InChI=1S/C18H22N2/c1-13-9-14(2)16(15(3)10-13)11-20-12-19(4)17-7-5-6-8-18(17)20/h5-10H,11-12H2,1-4H3. The van der Waals surface area contributed by atoms with Gasteiger partial charge in [0.25, 0.3) is 0 Å². The fraction of sp³-hybridized carbons (Fsp3) is 0.333. The predicted octanol–water partition coefficient (Wildman–Crippen LogP) is 4.03. The van der Waals surface area contributed by atoms with Gasteiger partial charge in [0.15, 0.2) is 0 Å². The lowest BCUT2D eigenvalue weighted by atomic mass is 9.99. The normalized spacial score (nSPS) is 13.8. The highest BCUT2D eigenvalue weighted by molar-refractivity contribution is 5.75. The first-order valence-corrected chi connectivity index (χ1v) is 7.18. The second kappa shape index (κ2) is 4.86. The predicted molar refractivity (Wildman–Crippen MR) is 86.5 cm³/mol. The summed E-state index contributed by atoms with van der Waals surface area (Å²) in [6.07, 6.45) is 0. The minimum Gasteiger partial charge on any atom is -0.355 e. The zero-order valence-corrected chi connectivity index (χ0v) is 12.8. The Labute approximate surface area is 121 Å². The summed E-state index contributed by atoms with van der Waals surface area (Å²) < 4.78 is 0.